The minimum atomic E-state index is -3.51. The first-order chi connectivity index (χ1) is 17.8. The van der Waals surface area contributed by atoms with Gasteiger partial charge in [0, 0.05) is 35.1 Å². The maximum Gasteiger partial charge on any atom is 0.304 e. The van der Waals surface area contributed by atoms with Crippen LogP contribution in [0.4, 0.5) is 0 Å². The molecule has 2 aromatic carbocycles. The average Bonchev–Trinajstić information content (AvgIpc) is 3.66. The molecule has 1 N–H and O–H groups in total. The first-order valence-electron chi connectivity index (χ1n) is 12.8. The van der Waals surface area contributed by atoms with Gasteiger partial charge in [0.25, 0.3) is 0 Å². The van der Waals surface area contributed by atoms with Crippen LogP contribution in [0.25, 0.3) is 0 Å². The minimum absolute atomic E-state index is 0.122. The van der Waals surface area contributed by atoms with Crippen LogP contribution in [0.2, 0.25) is 10.0 Å². The Balaban J connectivity index is 1.92. The van der Waals surface area contributed by atoms with Gasteiger partial charge in [-0.2, -0.15) is 0 Å². The van der Waals surface area contributed by atoms with Crippen molar-refractivity contribution in [3.05, 3.63) is 69.7 Å². The van der Waals surface area contributed by atoms with Gasteiger partial charge in [0.15, 0.2) is 0 Å². The Kier molecular flexibility index (Phi) is 8.48. The molecule has 10 heteroatoms. The third-order valence-corrected chi connectivity index (χ3v) is 9.70. The number of amides is 1. The number of hydrogen-bond acceptors (Lipinski definition) is 4. The summed E-state index contributed by atoms with van der Waals surface area (Å²) in [5, 5.41) is 10.9. The van der Waals surface area contributed by atoms with Crippen LogP contribution in [0.3, 0.4) is 0 Å². The number of rotatable bonds is 10. The first kappa shape index (κ1) is 28.9. The third-order valence-electron chi connectivity index (χ3n) is 7.87. The second-order valence-corrected chi connectivity index (χ2v) is 13.7. The number of sulfonamides is 1. The van der Waals surface area contributed by atoms with Gasteiger partial charge in [0.2, 0.25) is 15.9 Å². The monoisotopic (exact) mass is 580 g/mol. The second kappa shape index (κ2) is 11.2. The zero-order chi connectivity index (χ0) is 27.8. The summed E-state index contributed by atoms with van der Waals surface area (Å²) in [6.45, 7) is 3.92. The smallest absolute Gasteiger partial charge is 0.304 e. The molecule has 4 atom stereocenters. The number of likely N-dealkylation sites (N-methyl/N-ethyl adjacent to an activating group) is 1. The number of halogens is 2. The number of benzene rings is 2. The fraction of sp³-hybridized carbons (Fsp3) is 0.500. The van der Waals surface area contributed by atoms with Crippen LogP contribution in [0.5, 0.6) is 0 Å². The van der Waals surface area contributed by atoms with Crippen molar-refractivity contribution >= 4 is 45.1 Å². The molecule has 1 saturated carbocycles. The third kappa shape index (κ3) is 6.19. The fourth-order valence-electron chi connectivity index (χ4n) is 5.90. The zero-order valence-electron chi connectivity index (χ0n) is 21.8. The maximum absolute atomic E-state index is 14.4. The van der Waals surface area contributed by atoms with E-state index in [1.54, 1.807) is 32.0 Å². The molecule has 0 spiro atoms. The molecule has 0 bridgehead atoms. The Morgan fingerprint density at radius 3 is 2.32 bits per heavy atom. The molecule has 1 aliphatic heterocycles. The second-order valence-electron chi connectivity index (χ2n) is 10.8. The molecule has 1 aliphatic carbocycles. The van der Waals surface area contributed by atoms with Gasteiger partial charge < -0.3 is 10.0 Å². The van der Waals surface area contributed by atoms with Crippen LogP contribution >= 0.6 is 23.2 Å². The molecule has 0 aromatic heterocycles. The van der Waals surface area contributed by atoms with Gasteiger partial charge >= 0.3 is 5.97 Å². The van der Waals surface area contributed by atoms with Crippen molar-refractivity contribution in [1.82, 2.24) is 9.21 Å². The quantitative estimate of drug-likeness (QED) is 0.395. The molecular formula is C28H34Cl2N2O5S. The Bertz CT molecular complexity index is 1300. The van der Waals surface area contributed by atoms with Crippen molar-refractivity contribution < 1.29 is 23.1 Å². The number of hydrogen-bond donors (Lipinski definition) is 1. The van der Waals surface area contributed by atoms with E-state index in [1.807, 2.05) is 35.2 Å². The lowest BCUT2D eigenvalue weighted by molar-refractivity contribution is -0.161. The van der Waals surface area contributed by atoms with Gasteiger partial charge in [-0.1, -0.05) is 61.3 Å². The first-order valence-corrected chi connectivity index (χ1v) is 15.4. The van der Waals surface area contributed by atoms with E-state index < -0.39 is 33.5 Å². The molecule has 2 aromatic rings. The SMILES string of the molecule is CCN(C[C@H](C1CC1)N1C(=O)[C@@](C)(CC(=O)O)C[C@H](c2cccc(Cl)c2)C1c1ccc(Cl)cc1)S(C)(=O)=O. The van der Waals surface area contributed by atoms with Gasteiger partial charge in [0.05, 0.1) is 24.1 Å². The molecule has 2 fully saturated rings. The van der Waals surface area contributed by atoms with Gasteiger partial charge in [0.1, 0.15) is 0 Å². The molecule has 7 nitrogen and oxygen atoms in total. The van der Waals surface area contributed by atoms with Crippen LogP contribution in [0, 0.1) is 11.3 Å². The number of carboxylic acids is 1. The molecule has 0 radical (unpaired) electrons. The van der Waals surface area contributed by atoms with Crippen LogP contribution in [-0.2, 0) is 19.6 Å². The predicted molar refractivity (Wildman–Crippen MR) is 149 cm³/mol. The molecule has 38 heavy (non-hydrogen) atoms. The standard InChI is InChI=1S/C28H34Cl2N2O5S/c1-4-31(38(3,36)37)17-24(18-8-9-18)32-26(19-10-12-21(29)13-11-19)23(20-6-5-7-22(30)14-20)15-28(2,27(32)35)16-25(33)34/h5-7,10-14,18,23-24,26H,4,8-9,15-17H2,1-3H3,(H,33,34)/t23-,24-,26?,28-/m1/s1. The Morgan fingerprint density at radius 1 is 1.13 bits per heavy atom. The van der Waals surface area contributed by atoms with Crippen LogP contribution in [0.15, 0.2) is 48.5 Å². The van der Waals surface area contributed by atoms with Crippen molar-refractivity contribution in [3.8, 4) is 0 Å². The number of carboxylic acid groups (broad SMARTS) is 1. The summed E-state index contributed by atoms with van der Waals surface area (Å²) in [6.07, 6.45) is 2.91. The molecule has 4 rings (SSSR count). The Labute approximate surface area is 234 Å². The highest BCUT2D eigenvalue weighted by atomic mass is 35.5. The highest BCUT2D eigenvalue weighted by Crippen LogP contribution is 2.54. The number of nitrogens with zero attached hydrogens (tertiary/aromatic N) is 2. The van der Waals surface area contributed by atoms with E-state index in [9.17, 15) is 23.1 Å². The summed E-state index contributed by atoms with van der Waals surface area (Å²) in [5.74, 6) is -1.47. The fourth-order valence-corrected chi connectivity index (χ4v) is 7.11. The Hall–Kier alpha value is -2.13. The summed E-state index contributed by atoms with van der Waals surface area (Å²) in [5.41, 5.74) is 0.575. The summed E-state index contributed by atoms with van der Waals surface area (Å²) in [6, 6.07) is 13.9. The van der Waals surface area contributed by atoms with Crippen molar-refractivity contribution in [1.29, 1.82) is 0 Å². The lowest BCUT2D eigenvalue weighted by atomic mass is 9.67. The van der Waals surface area contributed by atoms with Crippen LogP contribution < -0.4 is 0 Å². The van der Waals surface area contributed by atoms with Gasteiger partial charge in [-0.3, -0.25) is 9.59 Å². The largest absolute Gasteiger partial charge is 0.481 e. The van der Waals surface area contributed by atoms with Gasteiger partial charge in [-0.15, -0.1) is 0 Å². The number of carbonyl (C=O) groups is 2. The highest BCUT2D eigenvalue weighted by molar-refractivity contribution is 7.88. The van der Waals surface area contributed by atoms with Crippen molar-refractivity contribution in [2.75, 3.05) is 19.3 Å². The molecule has 1 amide bonds. The molecular weight excluding hydrogens is 547 g/mol. The normalized spacial score (nSPS) is 25.0. The van der Waals surface area contributed by atoms with E-state index in [0.29, 0.717) is 16.5 Å². The number of piperidine rings is 1. The predicted octanol–water partition coefficient (Wildman–Crippen LogP) is 5.59. The topological polar surface area (TPSA) is 95.0 Å². The number of aliphatic carboxylic acids is 1. The molecule has 1 unspecified atom stereocenters. The summed E-state index contributed by atoms with van der Waals surface area (Å²) < 4.78 is 26.6. The minimum Gasteiger partial charge on any atom is -0.481 e. The molecule has 1 saturated heterocycles. The van der Waals surface area contributed by atoms with E-state index in [0.717, 1.165) is 24.0 Å². The maximum atomic E-state index is 14.4. The van der Waals surface area contributed by atoms with Crippen molar-refractivity contribution in [2.45, 2.75) is 57.5 Å². The molecule has 206 valence electrons. The van der Waals surface area contributed by atoms with E-state index in [-0.39, 0.29) is 37.3 Å². The van der Waals surface area contributed by atoms with Gasteiger partial charge in [-0.25, -0.2) is 12.7 Å². The Morgan fingerprint density at radius 2 is 1.79 bits per heavy atom. The van der Waals surface area contributed by atoms with Crippen molar-refractivity contribution in [2.24, 2.45) is 11.3 Å². The molecule has 1 heterocycles. The van der Waals surface area contributed by atoms with E-state index in [1.165, 1.54) is 10.6 Å². The summed E-state index contributed by atoms with van der Waals surface area (Å²) in [7, 11) is -3.51. The lowest BCUT2D eigenvalue weighted by Crippen LogP contribution is -2.59. The summed E-state index contributed by atoms with van der Waals surface area (Å²) in [4.78, 5) is 28.2. The average molecular weight is 582 g/mol. The van der Waals surface area contributed by atoms with Crippen LogP contribution in [-0.4, -0.2) is 60.0 Å². The number of carbonyl (C=O) groups excluding carboxylic acids is 1. The zero-order valence-corrected chi connectivity index (χ0v) is 24.1. The summed E-state index contributed by atoms with van der Waals surface area (Å²) >= 11 is 12.6. The molecule has 2 aliphatic rings. The van der Waals surface area contributed by atoms with E-state index in [4.69, 9.17) is 23.2 Å². The van der Waals surface area contributed by atoms with Crippen molar-refractivity contribution in [3.63, 3.8) is 0 Å². The van der Waals surface area contributed by atoms with E-state index in [2.05, 4.69) is 0 Å². The highest BCUT2D eigenvalue weighted by Gasteiger charge is 2.54. The van der Waals surface area contributed by atoms with E-state index >= 15 is 0 Å². The number of likely N-dealkylation sites (tertiary alicyclic amines) is 1. The van der Waals surface area contributed by atoms with Gasteiger partial charge in [-0.05, 0) is 60.6 Å². The van der Waals surface area contributed by atoms with Crippen LogP contribution in [0.1, 0.15) is 62.6 Å². The lowest BCUT2D eigenvalue weighted by Gasteiger charge is -2.52.